The van der Waals surface area contributed by atoms with E-state index in [1.54, 1.807) is 11.3 Å². The van der Waals surface area contributed by atoms with Gasteiger partial charge in [-0.05, 0) is 64.7 Å². The molecule has 3 rings (SSSR count). The topological polar surface area (TPSA) is 25.8 Å². The van der Waals surface area contributed by atoms with Crippen molar-refractivity contribution >= 4 is 56.4 Å². The number of fused-ring (bicyclic) bond motifs is 1. The van der Waals surface area contributed by atoms with Crippen LogP contribution < -0.4 is 0 Å². The Labute approximate surface area is 127 Å². The Kier molecular flexibility index (Phi) is 3.25. The van der Waals surface area contributed by atoms with E-state index in [1.807, 2.05) is 23.6 Å². The predicted molar refractivity (Wildman–Crippen MR) is 85.3 cm³/mol. The van der Waals surface area contributed by atoms with E-state index in [-0.39, 0.29) is 0 Å². The van der Waals surface area contributed by atoms with Crippen LogP contribution in [0.4, 0.5) is 0 Å². The molecule has 2 nitrogen and oxygen atoms in total. The molecule has 0 aliphatic heterocycles. The summed E-state index contributed by atoms with van der Waals surface area (Å²) in [6.45, 7) is 2.06. The highest BCUT2D eigenvalue weighted by atomic mass is 127. The maximum absolute atomic E-state index is 6.25. The monoisotopic (exact) mass is 386 g/mol. The third kappa shape index (κ3) is 2.13. The van der Waals surface area contributed by atoms with Gasteiger partial charge in [-0.2, -0.15) is 0 Å². The van der Waals surface area contributed by atoms with Crippen LogP contribution in [-0.4, -0.2) is 9.97 Å². The van der Waals surface area contributed by atoms with Crippen molar-refractivity contribution in [2.45, 2.75) is 6.92 Å². The van der Waals surface area contributed by atoms with Crippen molar-refractivity contribution in [3.05, 3.63) is 43.9 Å². The molecular formula is C13H8ClIN2S. The largest absolute Gasteiger partial charge is 0.227 e. The van der Waals surface area contributed by atoms with Crippen molar-refractivity contribution in [3.63, 3.8) is 0 Å². The van der Waals surface area contributed by atoms with E-state index < -0.39 is 0 Å². The molecule has 18 heavy (non-hydrogen) atoms. The van der Waals surface area contributed by atoms with Gasteiger partial charge in [-0.15, -0.1) is 11.3 Å². The second kappa shape index (κ2) is 4.75. The number of aromatic nitrogens is 2. The van der Waals surface area contributed by atoms with Gasteiger partial charge >= 0.3 is 0 Å². The van der Waals surface area contributed by atoms with Gasteiger partial charge in [0.2, 0.25) is 0 Å². The molecule has 5 heteroatoms. The van der Waals surface area contributed by atoms with Gasteiger partial charge in [0, 0.05) is 8.96 Å². The van der Waals surface area contributed by atoms with Crippen molar-refractivity contribution in [3.8, 4) is 10.7 Å². The van der Waals surface area contributed by atoms with Gasteiger partial charge in [-0.3, -0.25) is 0 Å². The maximum atomic E-state index is 6.25. The van der Waals surface area contributed by atoms with Crippen molar-refractivity contribution in [1.29, 1.82) is 0 Å². The minimum atomic E-state index is 0.515. The molecule has 0 spiro atoms. The summed E-state index contributed by atoms with van der Waals surface area (Å²) in [4.78, 5) is 10.1. The summed E-state index contributed by atoms with van der Waals surface area (Å²) in [6, 6.07) is 8.08. The fourth-order valence-electron chi connectivity index (χ4n) is 1.77. The number of hydrogen-bond acceptors (Lipinski definition) is 3. The van der Waals surface area contributed by atoms with Crippen LogP contribution in [0.5, 0.6) is 0 Å². The SMILES string of the molecule is Cc1ccsc1-c1nc(Cl)c2cc(I)ccc2n1. The van der Waals surface area contributed by atoms with Gasteiger partial charge in [0.25, 0.3) is 0 Å². The average Bonchev–Trinajstić information content (AvgIpc) is 2.76. The number of nitrogens with zero attached hydrogens (tertiary/aromatic N) is 2. The smallest absolute Gasteiger partial charge is 0.171 e. The third-order valence-corrected chi connectivity index (χ3v) is 4.65. The molecular weight excluding hydrogens is 379 g/mol. The summed E-state index contributed by atoms with van der Waals surface area (Å²) in [5.41, 5.74) is 2.07. The molecule has 1 aromatic carbocycles. The van der Waals surface area contributed by atoms with E-state index in [4.69, 9.17) is 11.6 Å². The summed E-state index contributed by atoms with van der Waals surface area (Å²) in [7, 11) is 0. The number of benzene rings is 1. The Hall–Kier alpha value is -0.720. The molecule has 0 atom stereocenters. The van der Waals surface area contributed by atoms with Crippen LogP contribution in [0.15, 0.2) is 29.6 Å². The van der Waals surface area contributed by atoms with Crippen LogP contribution in [-0.2, 0) is 0 Å². The second-order valence-electron chi connectivity index (χ2n) is 3.93. The Balaban J connectivity index is 2.28. The highest BCUT2D eigenvalue weighted by Gasteiger charge is 2.11. The molecule has 3 aromatic rings. The first-order valence-electron chi connectivity index (χ1n) is 5.32. The molecule has 0 aliphatic rings. The molecule has 0 aliphatic carbocycles. The normalized spacial score (nSPS) is 11.1. The lowest BCUT2D eigenvalue weighted by molar-refractivity contribution is 1.23. The average molecular weight is 387 g/mol. The lowest BCUT2D eigenvalue weighted by Crippen LogP contribution is -1.91. The van der Waals surface area contributed by atoms with Gasteiger partial charge in [0.05, 0.1) is 10.4 Å². The van der Waals surface area contributed by atoms with Gasteiger partial charge in [-0.25, -0.2) is 9.97 Å². The van der Waals surface area contributed by atoms with Gasteiger partial charge in [0.15, 0.2) is 5.82 Å². The van der Waals surface area contributed by atoms with Crippen molar-refractivity contribution in [1.82, 2.24) is 9.97 Å². The van der Waals surface area contributed by atoms with Gasteiger partial charge < -0.3 is 0 Å². The summed E-state index contributed by atoms with van der Waals surface area (Å²) in [6.07, 6.45) is 0. The van der Waals surface area contributed by atoms with Crippen molar-refractivity contribution < 1.29 is 0 Å². The predicted octanol–water partition coefficient (Wildman–Crippen LogP) is 4.92. The van der Waals surface area contributed by atoms with Crippen LogP contribution in [0.1, 0.15) is 5.56 Å². The molecule has 0 N–H and O–H groups in total. The van der Waals surface area contributed by atoms with Gasteiger partial charge in [-0.1, -0.05) is 11.6 Å². The van der Waals surface area contributed by atoms with E-state index in [1.165, 1.54) is 5.56 Å². The molecule has 0 saturated carbocycles. The Bertz CT molecular complexity index is 739. The third-order valence-electron chi connectivity index (χ3n) is 2.68. The van der Waals surface area contributed by atoms with E-state index in [0.29, 0.717) is 11.0 Å². The summed E-state index contributed by atoms with van der Waals surface area (Å²) in [5, 5.41) is 3.46. The van der Waals surface area contributed by atoms with Crippen LogP contribution in [0.3, 0.4) is 0 Å². The number of hydrogen-bond donors (Lipinski definition) is 0. The van der Waals surface area contributed by atoms with Crippen LogP contribution in [0.2, 0.25) is 5.15 Å². The molecule has 0 fully saturated rings. The first kappa shape index (κ1) is 12.3. The number of halogens is 2. The number of rotatable bonds is 1. The minimum absolute atomic E-state index is 0.515. The van der Waals surface area contributed by atoms with E-state index in [2.05, 4.69) is 45.5 Å². The highest BCUT2D eigenvalue weighted by Crippen LogP contribution is 2.30. The first-order chi connectivity index (χ1) is 8.65. The highest BCUT2D eigenvalue weighted by molar-refractivity contribution is 14.1. The Morgan fingerprint density at radius 3 is 2.78 bits per heavy atom. The van der Waals surface area contributed by atoms with Crippen LogP contribution >= 0.6 is 45.5 Å². The zero-order valence-corrected chi connectivity index (χ0v) is 13.2. The molecule has 0 amide bonds. The fraction of sp³-hybridized carbons (Fsp3) is 0.0769. The molecule has 2 aromatic heterocycles. The maximum Gasteiger partial charge on any atom is 0.171 e. The summed E-state index contributed by atoms with van der Waals surface area (Å²) >= 11 is 10.1. The lowest BCUT2D eigenvalue weighted by atomic mass is 10.2. The van der Waals surface area contributed by atoms with Crippen molar-refractivity contribution in [2.75, 3.05) is 0 Å². The van der Waals surface area contributed by atoms with Gasteiger partial charge in [0.1, 0.15) is 5.15 Å². The number of aryl methyl sites for hydroxylation is 1. The van der Waals surface area contributed by atoms with E-state index in [0.717, 1.165) is 19.4 Å². The molecule has 0 radical (unpaired) electrons. The molecule has 0 unspecified atom stereocenters. The summed E-state index contributed by atoms with van der Waals surface area (Å²) < 4.78 is 1.13. The molecule has 0 saturated heterocycles. The van der Waals surface area contributed by atoms with Crippen LogP contribution in [0.25, 0.3) is 21.6 Å². The van der Waals surface area contributed by atoms with E-state index in [9.17, 15) is 0 Å². The fourth-order valence-corrected chi connectivity index (χ4v) is 3.35. The van der Waals surface area contributed by atoms with Crippen LogP contribution in [0, 0.1) is 10.5 Å². The van der Waals surface area contributed by atoms with E-state index >= 15 is 0 Å². The molecule has 2 heterocycles. The quantitative estimate of drug-likeness (QED) is 0.438. The van der Waals surface area contributed by atoms with Crippen molar-refractivity contribution in [2.24, 2.45) is 0 Å². The Morgan fingerprint density at radius 2 is 2.06 bits per heavy atom. The zero-order valence-electron chi connectivity index (χ0n) is 9.45. The minimum Gasteiger partial charge on any atom is -0.227 e. The zero-order chi connectivity index (χ0) is 12.7. The summed E-state index contributed by atoms with van der Waals surface area (Å²) in [5.74, 6) is 0.709. The standard InChI is InChI=1S/C13H8ClIN2S/c1-7-4-5-18-11(7)13-16-10-3-2-8(15)6-9(10)12(14)17-13/h2-6H,1H3. The second-order valence-corrected chi connectivity index (χ2v) is 6.45. The lowest BCUT2D eigenvalue weighted by Gasteiger charge is -2.04. The first-order valence-corrected chi connectivity index (χ1v) is 7.66. The molecule has 90 valence electrons. The molecule has 0 bridgehead atoms. The Morgan fingerprint density at radius 1 is 1.22 bits per heavy atom. The number of thiophene rings is 1.